The lowest BCUT2D eigenvalue weighted by atomic mass is 9.94. The molecule has 2 unspecified atom stereocenters. The van der Waals surface area contributed by atoms with E-state index in [9.17, 15) is 0 Å². The van der Waals surface area contributed by atoms with E-state index in [0.717, 1.165) is 45.7 Å². The quantitative estimate of drug-likeness (QED) is 0.638. The average molecular weight is 273 g/mol. The highest BCUT2D eigenvalue weighted by molar-refractivity contribution is 5.15. The van der Waals surface area contributed by atoms with Gasteiger partial charge in [0.2, 0.25) is 0 Å². The fourth-order valence-corrected chi connectivity index (χ4v) is 2.97. The smallest absolute Gasteiger partial charge is 0.0716 e. The zero-order valence-corrected chi connectivity index (χ0v) is 11.9. The maximum atomic E-state index is 5.74. The van der Waals surface area contributed by atoms with E-state index in [4.69, 9.17) is 9.47 Å². The van der Waals surface area contributed by atoms with Gasteiger partial charge in [-0.05, 0) is 24.8 Å². The van der Waals surface area contributed by atoms with E-state index in [-0.39, 0.29) is 0 Å². The molecular weight excluding hydrogens is 250 g/mol. The summed E-state index contributed by atoms with van der Waals surface area (Å²) >= 11 is 0. The first-order valence-electron chi connectivity index (χ1n) is 7.55. The number of benzene rings is 1. The average Bonchev–Trinajstić information content (AvgIpc) is 2.48. The second-order valence-electron chi connectivity index (χ2n) is 5.68. The van der Waals surface area contributed by atoms with E-state index >= 15 is 0 Å². The van der Waals surface area contributed by atoms with Crippen LogP contribution in [0.3, 0.4) is 0 Å². The van der Waals surface area contributed by atoms with Crippen molar-refractivity contribution in [2.45, 2.75) is 38.0 Å². The molecule has 1 saturated heterocycles. The highest BCUT2D eigenvalue weighted by Crippen LogP contribution is 2.21. The van der Waals surface area contributed by atoms with E-state index in [2.05, 4.69) is 35.7 Å². The summed E-state index contributed by atoms with van der Waals surface area (Å²) in [5.74, 6) is 0. The summed E-state index contributed by atoms with van der Waals surface area (Å²) in [5, 5.41) is 3.57. The highest BCUT2D eigenvalue weighted by atomic mass is 16.5. The number of morpholine rings is 1. The van der Waals surface area contributed by atoms with Crippen molar-refractivity contribution in [1.82, 2.24) is 5.32 Å². The molecule has 1 N–H and O–H groups in total. The molecule has 1 fully saturated rings. The molecule has 3 nitrogen and oxygen atoms in total. The summed E-state index contributed by atoms with van der Waals surface area (Å²) in [6, 6.07) is 11.3. The molecule has 0 radical (unpaired) electrons. The number of nitrogens with one attached hydrogen (secondary N) is 1. The SMILES string of the molecule is C1=C(CCCOCc2ccccc2)CC2COCC1N2. The Morgan fingerprint density at radius 2 is 2.10 bits per heavy atom. The predicted molar refractivity (Wildman–Crippen MR) is 79.6 cm³/mol. The van der Waals surface area contributed by atoms with Gasteiger partial charge in [-0.3, -0.25) is 0 Å². The zero-order chi connectivity index (χ0) is 13.6. The van der Waals surface area contributed by atoms with Gasteiger partial charge in [-0.2, -0.15) is 0 Å². The van der Waals surface area contributed by atoms with Gasteiger partial charge >= 0.3 is 0 Å². The van der Waals surface area contributed by atoms with Gasteiger partial charge in [0, 0.05) is 18.7 Å². The van der Waals surface area contributed by atoms with Gasteiger partial charge < -0.3 is 14.8 Å². The van der Waals surface area contributed by atoms with Crippen molar-refractivity contribution in [2.75, 3.05) is 19.8 Å². The van der Waals surface area contributed by atoms with Crippen LogP contribution in [0, 0.1) is 0 Å². The van der Waals surface area contributed by atoms with Crippen molar-refractivity contribution >= 4 is 0 Å². The van der Waals surface area contributed by atoms with E-state index < -0.39 is 0 Å². The summed E-state index contributed by atoms with van der Waals surface area (Å²) in [6.07, 6.45) is 5.75. The predicted octanol–water partition coefficient (Wildman–Crippen LogP) is 2.67. The number of ether oxygens (including phenoxy) is 2. The van der Waals surface area contributed by atoms with Gasteiger partial charge in [-0.15, -0.1) is 0 Å². The van der Waals surface area contributed by atoms with E-state index in [1.807, 2.05) is 6.07 Å². The first-order valence-corrected chi connectivity index (χ1v) is 7.55. The van der Waals surface area contributed by atoms with Crippen molar-refractivity contribution in [2.24, 2.45) is 0 Å². The largest absolute Gasteiger partial charge is 0.378 e. The lowest BCUT2D eigenvalue weighted by Crippen LogP contribution is -2.50. The second kappa shape index (κ2) is 7.02. The third-order valence-corrected chi connectivity index (χ3v) is 3.91. The molecule has 3 rings (SSSR count). The summed E-state index contributed by atoms with van der Waals surface area (Å²) in [7, 11) is 0. The molecule has 2 heterocycles. The van der Waals surface area contributed by atoms with Crippen LogP contribution in [-0.2, 0) is 16.1 Å². The molecule has 0 amide bonds. The standard InChI is InChI=1S/C17H23NO2/c1-2-5-14(6-3-1)11-19-8-4-7-15-9-16-12-20-13-17(10-15)18-16/h1-3,5-6,9,16-18H,4,7-8,10-13H2. The topological polar surface area (TPSA) is 30.5 Å². The van der Waals surface area contributed by atoms with E-state index in [0.29, 0.717) is 12.1 Å². The van der Waals surface area contributed by atoms with Crippen LogP contribution in [0.15, 0.2) is 42.0 Å². The zero-order valence-electron chi connectivity index (χ0n) is 11.9. The molecule has 20 heavy (non-hydrogen) atoms. The fraction of sp³-hybridized carbons (Fsp3) is 0.529. The van der Waals surface area contributed by atoms with Crippen molar-refractivity contribution in [3.05, 3.63) is 47.5 Å². The number of rotatable bonds is 6. The van der Waals surface area contributed by atoms with Gasteiger partial charge in [-0.1, -0.05) is 42.0 Å². The van der Waals surface area contributed by atoms with Crippen LogP contribution in [-0.4, -0.2) is 31.9 Å². The minimum atomic E-state index is 0.433. The Bertz CT molecular complexity index is 444. The normalized spacial score (nSPS) is 25.3. The highest BCUT2D eigenvalue weighted by Gasteiger charge is 2.25. The number of hydrogen-bond acceptors (Lipinski definition) is 3. The van der Waals surface area contributed by atoms with Crippen LogP contribution in [0.2, 0.25) is 0 Å². The molecule has 0 aromatic heterocycles. The van der Waals surface area contributed by atoms with Crippen LogP contribution in [0.25, 0.3) is 0 Å². The van der Waals surface area contributed by atoms with Crippen LogP contribution >= 0.6 is 0 Å². The van der Waals surface area contributed by atoms with Crippen LogP contribution in [0.5, 0.6) is 0 Å². The van der Waals surface area contributed by atoms with Crippen molar-refractivity contribution in [3.8, 4) is 0 Å². The van der Waals surface area contributed by atoms with Gasteiger partial charge in [0.25, 0.3) is 0 Å². The third-order valence-electron chi connectivity index (χ3n) is 3.91. The molecule has 0 spiro atoms. The number of fused-ring (bicyclic) bond motifs is 2. The summed E-state index contributed by atoms with van der Waals surface area (Å²) in [4.78, 5) is 0. The molecule has 2 atom stereocenters. The van der Waals surface area contributed by atoms with Gasteiger partial charge in [0.1, 0.15) is 0 Å². The van der Waals surface area contributed by atoms with Crippen LogP contribution in [0.4, 0.5) is 0 Å². The van der Waals surface area contributed by atoms with Crippen molar-refractivity contribution < 1.29 is 9.47 Å². The van der Waals surface area contributed by atoms with Gasteiger partial charge in [0.15, 0.2) is 0 Å². The summed E-state index contributed by atoms with van der Waals surface area (Å²) < 4.78 is 11.3. The van der Waals surface area contributed by atoms with Crippen LogP contribution in [0.1, 0.15) is 24.8 Å². The minimum Gasteiger partial charge on any atom is -0.378 e. The summed E-state index contributed by atoms with van der Waals surface area (Å²) in [6.45, 7) is 3.24. The van der Waals surface area contributed by atoms with E-state index in [1.165, 1.54) is 5.56 Å². The fourth-order valence-electron chi connectivity index (χ4n) is 2.97. The Kier molecular flexibility index (Phi) is 4.85. The Balaban J connectivity index is 1.35. The lowest BCUT2D eigenvalue weighted by Gasteiger charge is -2.35. The molecule has 2 bridgehead atoms. The Morgan fingerprint density at radius 1 is 1.20 bits per heavy atom. The molecule has 0 saturated carbocycles. The van der Waals surface area contributed by atoms with Gasteiger partial charge in [-0.25, -0.2) is 0 Å². The number of hydrogen-bond donors (Lipinski definition) is 1. The molecule has 3 heteroatoms. The second-order valence-corrected chi connectivity index (χ2v) is 5.68. The molecule has 108 valence electrons. The maximum Gasteiger partial charge on any atom is 0.0716 e. The van der Waals surface area contributed by atoms with Crippen LogP contribution < -0.4 is 5.32 Å². The Labute approximate surface area is 121 Å². The minimum absolute atomic E-state index is 0.433. The summed E-state index contributed by atoms with van der Waals surface area (Å²) in [5.41, 5.74) is 2.82. The van der Waals surface area contributed by atoms with E-state index in [1.54, 1.807) is 5.57 Å². The first-order chi connectivity index (χ1) is 9.90. The van der Waals surface area contributed by atoms with Crippen molar-refractivity contribution in [1.29, 1.82) is 0 Å². The molecule has 1 aromatic carbocycles. The first kappa shape index (κ1) is 13.8. The molecule has 2 aliphatic heterocycles. The van der Waals surface area contributed by atoms with Gasteiger partial charge in [0.05, 0.1) is 19.8 Å². The third kappa shape index (κ3) is 3.92. The Hall–Kier alpha value is -1.16. The molecule has 0 aliphatic carbocycles. The monoisotopic (exact) mass is 273 g/mol. The maximum absolute atomic E-state index is 5.74. The lowest BCUT2D eigenvalue weighted by molar-refractivity contribution is 0.0522. The molecular formula is C17H23NO2. The Morgan fingerprint density at radius 3 is 2.95 bits per heavy atom. The van der Waals surface area contributed by atoms with Crippen molar-refractivity contribution in [3.63, 3.8) is 0 Å². The molecule has 1 aromatic rings. The molecule has 2 aliphatic rings.